The number of rotatable bonds is 9. The summed E-state index contributed by atoms with van der Waals surface area (Å²) in [7, 11) is 1.54. The van der Waals surface area contributed by atoms with Crippen LogP contribution in [0.15, 0.2) is 48.5 Å². The van der Waals surface area contributed by atoms with Crippen molar-refractivity contribution >= 4 is 23.5 Å². The Kier molecular flexibility index (Phi) is 7.38. The lowest BCUT2D eigenvalue weighted by Gasteiger charge is -2.12. The number of carboxylic acids is 1. The van der Waals surface area contributed by atoms with E-state index in [4.69, 9.17) is 14.6 Å². The van der Waals surface area contributed by atoms with Crippen molar-refractivity contribution in [3.8, 4) is 11.5 Å². The lowest BCUT2D eigenvalue weighted by molar-refractivity contribution is -0.137. The first-order valence-corrected chi connectivity index (χ1v) is 8.57. The van der Waals surface area contributed by atoms with Gasteiger partial charge in [0.05, 0.1) is 13.5 Å². The molecule has 0 heterocycles. The molecule has 8 nitrogen and oxygen atoms in total. The molecule has 0 saturated heterocycles. The van der Waals surface area contributed by atoms with Crippen LogP contribution in [0.1, 0.15) is 23.7 Å². The van der Waals surface area contributed by atoms with E-state index < -0.39 is 12.0 Å². The molecule has 2 aromatic carbocycles. The van der Waals surface area contributed by atoms with Crippen LogP contribution in [-0.4, -0.2) is 42.6 Å². The maximum Gasteiger partial charge on any atom is 0.305 e. The first-order valence-electron chi connectivity index (χ1n) is 8.57. The SMILES string of the molecule is COc1cccc(NC(=O)COc2ccc(C(=O)NC(C)CC(=O)O)cc2)c1. The van der Waals surface area contributed by atoms with Gasteiger partial charge in [-0.05, 0) is 43.3 Å². The molecule has 0 radical (unpaired) electrons. The van der Waals surface area contributed by atoms with E-state index in [1.165, 1.54) is 12.1 Å². The lowest BCUT2D eigenvalue weighted by atomic mass is 10.1. The number of amides is 2. The standard InChI is InChI=1S/C20H22N2O6/c1-13(10-19(24)25)21-20(26)14-6-8-16(9-7-14)28-12-18(23)22-15-4-3-5-17(11-15)27-2/h3-9,11,13H,10,12H2,1-2H3,(H,21,26)(H,22,23)(H,24,25). The number of benzene rings is 2. The molecule has 1 atom stereocenters. The molecule has 8 heteroatoms. The third-order valence-corrected chi connectivity index (χ3v) is 3.70. The normalized spacial score (nSPS) is 11.2. The highest BCUT2D eigenvalue weighted by atomic mass is 16.5. The molecular formula is C20H22N2O6. The number of carbonyl (C=O) groups excluding carboxylic acids is 2. The zero-order valence-corrected chi connectivity index (χ0v) is 15.6. The molecule has 1 unspecified atom stereocenters. The monoisotopic (exact) mass is 386 g/mol. The summed E-state index contributed by atoms with van der Waals surface area (Å²) in [5.41, 5.74) is 0.959. The number of carbonyl (C=O) groups is 3. The Morgan fingerprint density at radius 3 is 2.43 bits per heavy atom. The molecule has 148 valence electrons. The van der Waals surface area contributed by atoms with Crippen LogP contribution in [0.5, 0.6) is 11.5 Å². The molecule has 0 fully saturated rings. The second kappa shape index (κ2) is 9.96. The van der Waals surface area contributed by atoms with Crippen molar-refractivity contribution in [3.05, 3.63) is 54.1 Å². The van der Waals surface area contributed by atoms with Crippen LogP contribution in [0.25, 0.3) is 0 Å². The summed E-state index contributed by atoms with van der Waals surface area (Å²) in [5.74, 6) is -0.640. The van der Waals surface area contributed by atoms with Crippen LogP contribution in [0, 0.1) is 0 Å². The number of anilines is 1. The number of nitrogens with one attached hydrogen (secondary N) is 2. The zero-order chi connectivity index (χ0) is 20.5. The topological polar surface area (TPSA) is 114 Å². The van der Waals surface area contributed by atoms with Gasteiger partial charge >= 0.3 is 5.97 Å². The highest BCUT2D eigenvalue weighted by Crippen LogP contribution is 2.17. The van der Waals surface area contributed by atoms with Gasteiger partial charge in [0.1, 0.15) is 11.5 Å². The molecule has 2 rings (SSSR count). The van der Waals surface area contributed by atoms with Crippen LogP contribution < -0.4 is 20.1 Å². The number of methoxy groups -OCH3 is 1. The van der Waals surface area contributed by atoms with E-state index in [2.05, 4.69) is 10.6 Å². The van der Waals surface area contributed by atoms with Gasteiger partial charge in [-0.25, -0.2) is 0 Å². The van der Waals surface area contributed by atoms with Gasteiger partial charge < -0.3 is 25.2 Å². The van der Waals surface area contributed by atoms with E-state index in [1.807, 2.05) is 0 Å². The van der Waals surface area contributed by atoms with Crippen LogP contribution in [0.2, 0.25) is 0 Å². The van der Waals surface area contributed by atoms with E-state index in [1.54, 1.807) is 50.4 Å². The second-order valence-electron chi connectivity index (χ2n) is 6.07. The van der Waals surface area contributed by atoms with Gasteiger partial charge in [0.2, 0.25) is 0 Å². The molecule has 0 bridgehead atoms. The molecule has 0 aliphatic rings. The molecule has 0 aliphatic heterocycles. The summed E-state index contributed by atoms with van der Waals surface area (Å²) in [4.78, 5) is 34.7. The van der Waals surface area contributed by atoms with E-state index in [-0.39, 0.29) is 24.8 Å². The molecule has 2 amide bonds. The lowest BCUT2D eigenvalue weighted by Crippen LogP contribution is -2.34. The Morgan fingerprint density at radius 1 is 1.07 bits per heavy atom. The van der Waals surface area contributed by atoms with E-state index >= 15 is 0 Å². The fraction of sp³-hybridized carbons (Fsp3) is 0.250. The first-order chi connectivity index (χ1) is 13.4. The predicted molar refractivity (Wildman–Crippen MR) is 103 cm³/mol. The Balaban J connectivity index is 1.84. The maximum absolute atomic E-state index is 12.1. The van der Waals surface area contributed by atoms with Gasteiger partial charge in [-0.3, -0.25) is 14.4 Å². The van der Waals surface area contributed by atoms with Gasteiger partial charge in [0.15, 0.2) is 6.61 Å². The Hall–Kier alpha value is -3.55. The van der Waals surface area contributed by atoms with Crippen molar-refractivity contribution in [1.29, 1.82) is 0 Å². The second-order valence-corrected chi connectivity index (χ2v) is 6.07. The summed E-state index contributed by atoms with van der Waals surface area (Å²) in [6.45, 7) is 1.42. The van der Waals surface area contributed by atoms with Crippen molar-refractivity contribution in [3.63, 3.8) is 0 Å². The molecule has 0 aliphatic carbocycles. The summed E-state index contributed by atoms with van der Waals surface area (Å²) in [5, 5.41) is 14.0. The maximum atomic E-state index is 12.1. The molecule has 0 aromatic heterocycles. The minimum atomic E-state index is -0.983. The largest absolute Gasteiger partial charge is 0.497 e. The minimum absolute atomic E-state index is 0.157. The number of carboxylic acid groups (broad SMARTS) is 1. The first kappa shape index (κ1) is 20.8. The van der Waals surface area contributed by atoms with Crippen molar-refractivity contribution in [2.75, 3.05) is 19.0 Å². The minimum Gasteiger partial charge on any atom is -0.497 e. The van der Waals surface area contributed by atoms with E-state index in [9.17, 15) is 14.4 Å². The van der Waals surface area contributed by atoms with Crippen molar-refractivity contribution in [2.24, 2.45) is 0 Å². The number of hydrogen-bond acceptors (Lipinski definition) is 5. The Bertz CT molecular complexity index is 835. The van der Waals surface area contributed by atoms with Gasteiger partial charge in [-0.1, -0.05) is 6.07 Å². The molecular weight excluding hydrogens is 364 g/mol. The molecule has 0 spiro atoms. The fourth-order valence-electron chi connectivity index (χ4n) is 2.37. The smallest absolute Gasteiger partial charge is 0.305 e. The van der Waals surface area contributed by atoms with Crippen molar-refractivity contribution in [1.82, 2.24) is 5.32 Å². The van der Waals surface area contributed by atoms with Gasteiger partial charge in [0.25, 0.3) is 11.8 Å². The number of aliphatic carboxylic acids is 1. The van der Waals surface area contributed by atoms with Gasteiger partial charge in [-0.15, -0.1) is 0 Å². The average molecular weight is 386 g/mol. The molecule has 28 heavy (non-hydrogen) atoms. The summed E-state index contributed by atoms with van der Waals surface area (Å²) in [6.07, 6.45) is -0.157. The van der Waals surface area contributed by atoms with Crippen LogP contribution in [-0.2, 0) is 9.59 Å². The van der Waals surface area contributed by atoms with E-state index in [0.29, 0.717) is 22.7 Å². The van der Waals surface area contributed by atoms with Crippen LogP contribution in [0.4, 0.5) is 5.69 Å². The predicted octanol–water partition coefficient (Wildman–Crippen LogP) is 2.31. The van der Waals surface area contributed by atoms with Crippen molar-refractivity contribution < 1.29 is 29.0 Å². The Labute approximate surface area is 162 Å². The number of hydrogen-bond donors (Lipinski definition) is 3. The van der Waals surface area contributed by atoms with Crippen LogP contribution in [0.3, 0.4) is 0 Å². The fourth-order valence-corrected chi connectivity index (χ4v) is 2.37. The van der Waals surface area contributed by atoms with Crippen LogP contribution >= 0.6 is 0 Å². The van der Waals surface area contributed by atoms with Gasteiger partial charge in [0, 0.05) is 23.4 Å². The van der Waals surface area contributed by atoms with Crippen molar-refractivity contribution in [2.45, 2.75) is 19.4 Å². The molecule has 2 aromatic rings. The van der Waals surface area contributed by atoms with E-state index in [0.717, 1.165) is 0 Å². The highest BCUT2D eigenvalue weighted by Gasteiger charge is 2.13. The third-order valence-electron chi connectivity index (χ3n) is 3.70. The summed E-state index contributed by atoms with van der Waals surface area (Å²) < 4.78 is 10.5. The van der Waals surface area contributed by atoms with Gasteiger partial charge in [-0.2, -0.15) is 0 Å². The molecule has 0 saturated carbocycles. The summed E-state index contributed by atoms with van der Waals surface area (Å²) >= 11 is 0. The summed E-state index contributed by atoms with van der Waals surface area (Å²) in [6, 6.07) is 12.7. The zero-order valence-electron chi connectivity index (χ0n) is 15.6. The average Bonchev–Trinajstić information content (AvgIpc) is 2.66. The quantitative estimate of drug-likeness (QED) is 0.609. The Morgan fingerprint density at radius 2 is 1.79 bits per heavy atom. The number of ether oxygens (including phenoxy) is 2. The molecule has 3 N–H and O–H groups in total. The highest BCUT2D eigenvalue weighted by molar-refractivity contribution is 5.95. The third kappa shape index (κ3) is 6.64.